The quantitative estimate of drug-likeness (QED) is 0.767. The molecule has 1 aliphatic rings. The first-order valence-electron chi connectivity index (χ1n) is 5.12. The molecule has 4 nitrogen and oxygen atoms in total. The van der Waals surface area contributed by atoms with E-state index in [1.807, 2.05) is 36.7 Å². The van der Waals surface area contributed by atoms with E-state index in [-0.39, 0.29) is 0 Å². The average molecular weight is 211 g/mol. The number of nitrogens with one attached hydrogen (secondary N) is 2. The van der Waals surface area contributed by atoms with Gasteiger partial charge in [0.2, 0.25) is 5.69 Å². The van der Waals surface area contributed by atoms with Crippen LogP contribution in [-0.2, 0) is 0 Å². The summed E-state index contributed by atoms with van der Waals surface area (Å²) >= 11 is 0. The Kier molecular flexibility index (Phi) is 2.12. The van der Waals surface area contributed by atoms with E-state index < -0.39 is 0 Å². The van der Waals surface area contributed by atoms with Crippen molar-refractivity contribution >= 4 is 11.9 Å². The summed E-state index contributed by atoms with van der Waals surface area (Å²) < 4.78 is 0. The van der Waals surface area contributed by atoms with Gasteiger partial charge in [-0.3, -0.25) is 5.10 Å². The number of nitrogens with zero attached hydrogens (tertiary/aromatic N) is 2. The molecule has 0 spiro atoms. The predicted molar refractivity (Wildman–Crippen MR) is 62.3 cm³/mol. The second-order valence-corrected chi connectivity index (χ2v) is 3.55. The van der Waals surface area contributed by atoms with Gasteiger partial charge in [0.25, 0.3) is 0 Å². The third-order valence-electron chi connectivity index (χ3n) is 2.53. The Hall–Kier alpha value is -2.20. The summed E-state index contributed by atoms with van der Waals surface area (Å²) in [5.74, 6) is 0. The molecule has 2 heterocycles. The van der Waals surface area contributed by atoms with Crippen LogP contribution < -0.4 is 5.01 Å². The van der Waals surface area contributed by atoms with E-state index in [0.29, 0.717) is 0 Å². The van der Waals surface area contributed by atoms with E-state index in [2.05, 4.69) is 27.4 Å². The van der Waals surface area contributed by atoms with Crippen LogP contribution in [0.2, 0.25) is 0 Å². The van der Waals surface area contributed by atoms with Crippen molar-refractivity contribution in [3.63, 3.8) is 0 Å². The van der Waals surface area contributed by atoms with Gasteiger partial charge in [0, 0.05) is 11.6 Å². The van der Waals surface area contributed by atoms with Gasteiger partial charge in [-0.2, -0.15) is 5.10 Å². The van der Waals surface area contributed by atoms with Crippen LogP contribution in [0.1, 0.15) is 0 Å². The number of aromatic amines is 1. The van der Waals surface area contributed by atoms with Gasteiger partial charge in [-0.25, -0.2) is 0 Å². The van der Waals surface area contributed by atoms with E-state index in [0.717, 1.165) is 22.0 Å². The number of hydrogen-bond donors (Lipinski definition) is 2. The second kappa shape index (κ2) is 3.75. The van der Waals surface area contributed by atoms with Gasteiger partial charge in [0.15, 0.2) is 0 Å². The first-order valence-corrected chi connectivity index (χ1v) is 5.12. The zero-order chi connectivity index (χ0) is 10.8. The summed E-state index contributed by atoms with van der Waals surface area (Å²) in [5.41, 5.74) is 3.17. The van der Waals surface area contributed by atoms with Gasteiger partial charge < -0.3 is 0 Å². The topological polar surface area (TPSA) is 45.5 Å². The summed E-state index contributed by atoms with van der Waals surface area (Å²) in [5, 5.41) is 12.3. The Morgan fingerprint density at radius 3 is 2.75 bits per heavy atom. The first-order chi connectivity index (χ1) is 7.95. The SMILES string of the molecule is C1=C[NH+](c2cn[nH]c2-c2ccccc2)N=C1. The summed E-state index contributed by atoms with van der Waals surface area (Å²) in [7, 11) is 0. The maximum atomic E-state index is 4.28. The fourth-order valence-corrected chi connectivity index (χ4v) is 1.77. The largest absolute Gasteiger partial charge is 0.272 e. The number of allylic oxidation sites excluding steroid dienone is 1. The molecule has 0 fully saturated rings. The molecular weight excluding hydrogens is 200 g/mol. The van der Waals surface area contributed by atoms with Gasteiger partial charge in [-0.15, -0.1) is 5.01 Å². The number of H-pyrrole nitrogens is 1. The molecule has 1 unspecified atom stereocenters. The Morgan fingerprint density at radius 2 is 2.00 bits per heavy atom. The van der Waals surface area contributed by atoms with Gasteiger partial charge >= 0.3 is 0 Å². The van der Waals surface area contributed by atoms with Gasteiger partial charge in [0.05, 0.1) is 6.21 Å². The van der Waals surface area contributed by atoms with E-state index >= 15 is 0 Å². The first kappa shape index (κ1) is 9.06. The Bertz CT molecular complexity index is 527. The molecule has 0 saturated heterocycles. The smallest absolute Gasteiger partial charge is 0.208 e. The standard InChI is InChI=1S/C12H10N4/c1-2-5-10(6-3-1)12-11(9-13-15-12)16-8-4-7-14-16/h1-9H,(H,13,15)/p+1. The normalized spacial score (nSPS) is 18.1. The Morgan fingerprint density at radius 1 is 1.12 bits per heavy atom. The highest BCUT2D eigenvalue weighted by Gasteiger charge is 2.19. The highest BCUT2D eigenvalue weighted by Crippen LogP contribution is 2.22. The Balaban J connectivity index is 2.06. The van der Waals surface area contributed by atoms with Crippen molar-refractivity contribution in [1.82, 2.24) is 10.2 Å². The van der Waals surface area contributed by atoms with Crippen LogP contribution in [0, 0.1) is 0 Å². The zero-order valence-corrected chi connectivity index (χ0v) is 8.59. The van der Waals surface area contributed by atoms with Crippen LogP contribution >= 0.6 is 0 Å². The molecule has 1 atom stereocenters. The molecule has 3 rings (SSSR count). The van der Waals surface area contributed by atoms with Crippen LogP contribution in [-0.4, -0.2) is 16.4 Å². The number of rotatable bonds is 2. The summed E-state index contributed by atoms with van der Waals surface area (Å²) in [4.78, 5) is 0. The maximum absolute atomic E-state index is 4.28. The molecule has 78 valence electrons. The molecule has 1 aromatic heterocycles. The van der Waals surface area contributed by atoms with Gasteiger partial charge in [0.1, 0.15) is 18.1 Å². The molecule has 0 radical (unpaired) electrons. The van der Waals surface area contributed by atoms with Crippen LogP contribution in [0.4, 0.5) is 5.69 Å². The summed E-state index contributed by atoms with van der Waals surface area (Å²) in [6.45, 7) is 0. The molecule has 0 saturated carbocycles. The third-order valence-corrected chi connectivity index (χ3v) is 2.53. The van der Waals surface area contributed by atoms with Crippen LogP contribution in [0.3, 0.4) is 0 Å². The molecule has 1 aliphatic heterocycles. The molecule has 0 aliphatic carbocycles. The fourth-order valence-electron chi connectivity index (χ4n) is 1.77. The van der Waals surface area contributed by atoms with Gasteiger partial charge in [-0.1, -0.05) is 35.4 Å². The lowest BCUT2D eigenvalue weighted by Crippen LogP contribution is -2.96. The van der Waals surface area contributed by atoms with Crippen molar-refractivity contribution < 1.29 is 5.01 Å². The number of quaternary nitrogens is 1. The molecule has 2 aromatic rings. The van der Waals surface area contributed by atoms with Crippen molar-refractivity contribution in [2.24, 2.45) is 5.10 Å². The molecule has 0 bridgehead atoms. The number of aromatic nitrogens is 2. The monoisotopic (exact) mass is 211 g/mol. The minimum absolute atomic E-state index is 0.951. The van der Waals surface area contributed by atoms with Crippen molar-refractivity contribution in [2.75, 3.05) is 0 Å². The van der Waals surface area contributed by atoms with Gasteiger partial charge in [-0.05, 0) is 0 Å². The predicted octanol–water partition coefficient (Wildman–Crippen LogP) is 1.11. The van der Waals surface area contributed by atoms with Crippen LogP contribution in [0.5, 0.6) is 0 Å². The second-order valence-electron chi connectivity index (χ2n) is 3.55. The minimum atomic E-state index is 0.951. The van der Waals surface area contributed by atoms with E-state index in [1.54, 1.807) is 6.21 Å². The summed E-state index contributed by atoms with van der Waals surface area (Å²) in [6.07, 6.45) is 7.51. The molecule has 4 heteroatoms. The van der Waals surface area contributed by atoms with Crippen LogP contribution in [0.25, 0.3) is 11.3 Å². The highest BCUT2D eigenvalue weighted by atomic mass is 15.5. The molecule has 0 amide bonds. The number of benzene rings is 1. The van der Waals surface area contributed by atoms with E-state index in [4.69, 9.17) is 0 Å². The lowest BCUT2D eigenvalue weighted by atomic mass is 10.1. The Labute approximate surface area is 92.9 Å². The third kappa shape index (κ3) is 1.45. The molecule has 1 aromatic carbocycles. The van der Waals surface area contributed by atoms with Crippen molar-refractivity contribution in [3.05, 3.63) is 48.8 Å². The molecule has 2 N–H and O–H groups in total. The lowest BCUT2D eigenvalue weighted by Gasteiger charge is -2.04. The van der Waals surface area contributed by atoms with Crippen molar-refractivity contribution in [3.8, 4) is 11.3 Å². The highest BCUT2D eigenvalue weighted by molar-refractivity contribution is 5.73. The van der Waals surface area contributed by atoms with E-state index in [1.165, 1.54) is 0 Å². The van der Waals surface area contributed by atoms with E-state index in [9.17, 15) is 0 Å². The molecule has 16 heavy (non-hydrogen) atoms. The number of hydrogen-bond acceptors (Lipinski definition) is 2. The van der Waals surface area contributed by atoms with Crippen molar-refractivity contribution in [2.45, 2.75) is 0 Å². The van der Waals surface area contributed by atoms with Crippen molar-refractivity contribution in [1.29, 1.82) is 0 Å². The molecular formula is C12H11N4+. The summed E-state index contributed by atoms with van der Waals surface area (Å²) in [6, 6.07) is 10.1. The zero-order valence-electron chi connectivity index (χ0n) is 8.59. The minimum Gasteiger partial charge on any atom is -0.272 e. The lowest BCUT2D eigenvalue weighted by molar-refractivity contribution is -0.778. The van der Waals surface area contributed by atoms with Crippen LogP contribution in [0.15, 0.2) is 53.9 Å². The average Bonchev–Trinajstić information content (AvgIpc) is 3.01. The maximum Gasteiger partial charge on any atom is 0.208 e. The fraction of sp³-hybridized carbons (Fsp3) is 0.